The van der Waals surface area contributed by atoms with Crippen molar-refractivity contribution in [2.24, 2.45) is 11.8 Å². The second-order valence-corrected chi connectivity index (χ2v) is 7.77. The highest BCUT2D eigenvalue weighted by molar-refractivity contribution is 4.94. The molecule has 3 atom stereocenters. The second-order valence-electron chi connectivity index (χ2n) is 7.77. The summed E-state index contributed by atoms with van der Waals surface area (Å²) in [7, 11) is 0. The summed E-state index contributed by atoms with van der Waals surface area (Å²) < 4.78 is 0. The Labute approximate surface area is 124 Å². The van der Waals surface area contributed by atoms with Crippen LogP contribution < -0.4 is 5.32 Å². The third kappa shape index (κ3) is 3.37. The molecule has 1 aliphatic heterocycles. The summed E-state index contributed by atoms with van der Waals surface area (Å²) in [6.45, 7) is 6.65. The van der Waals surface area contributed by atoms with Gasteiger partial charge in [-0.25, -0.2) is 0 Å². The lowest BCUT2D eigenvalue weighted by Gasteiger charge is -2.48. The predicted molar refractivity (Wildman–Crippen MR) is 82.7 cm³/mol. The molecule has 0 aromatic carbocycles. The first-order valence-corrected chi connectivity index (χ1v) is 8.80. The van der Waals surface area contributed by atoms with E-state index in [4.69, 9.17) is 0 Å². The van der Waals surface area contributed by atoms with Crippen LogP contribution in [0.15, 0.2) is 0 Å². The summed E-state index contributed by atoms with van der Waals surface area (Å²) in [5.41, 5.74) is 0. The second kappa shape index (κ2) is 6.33. The van der Waals surface area contributed by atoms with Gasteiger partial charge >= 0.3 is 0 Å². The first-order chi connectivity index (χ1) is 9.61. The number of nitrogens with one attached hydrogen (secondary N) is 1. The highest BCUT2D eigenvalue weighted by Gasteiger charge is 2.38. The van der Waals surface area contributed by atoms with Crippen molar-refractivity contribution in [3.63, 3.8) is 0 Å². The molecular formula is C17H32N2O. The largest absolute Gasteiger partial charge is 0.393 e. The van der Waals surface area contributed by atoms with Crippen molar-refractivity contribution < 1.29 is 5.11 Å². The van der Waals surface area contributed by atoms with E-state index in [9.17, 15) is 5.11 Å². The van der Waals surface area contributed by atoms with Gasteiger partial charge in [-0.1, -0.05) is 19.8 Å². The molecule has 0 bridgehead atoms. The van der Waals surface area contributed by atoms with Gasteiger partial charge in [-0.15, -0.1) is 0 Å². The predicted octanol–water partition coefficient (Wildman–Crippen LogP) is 2.39. The summed E-state index contributed by atoms with van der Waals surface area (Å²) in [5, 5.41) is 13.9. The van der Waals surface area contributed by atoms with Crippen molar-refractivity contribution in [2.75, 3.05) is 13.1 Å². The molecule has 116 valence electrons. The molecule has 0 amide bonds. The van der Waals surface area contributed by atoms with Crippen LogP contribution in [0, 0.1) is 11.8 Å². The van der Waals surface area contributed by atoms with Gasteiger partial charge in [0.05, 0.1) is 6.10 Å². The zero-order valence-electron chi connectivity index (χ0n) is 13.2. The molecule has 3 aliphatic rings. The molecule has 0 spiro atoms. The monoisotopic (exact) mass is 280 g/mol. The zero-order chi connectivity index (χ0) is 14.1. The normalized spacial score (nSPS) is 41.5. The number of hydrogen-bond acceptors (Lipinski definition) is 3. The average molecular weight is 280 g/mol. The van der Waals surface area contributed by atoms with Crippen molar-refractivity contribution in [3.05, 3.63) is 0 Å². The lowest BCUT2D eigenvalue weighted by atomic mass is 9.78. The summed E-state index contributed by atoms with van der Waals surface area (Å²) in [5.74, 6) is 1.37. The van der Waals surface area contributed by atoms with Gasteiger partial charge in [-0.2, -0.15) is 0 Å². The van der Waals surface area contributed by atoms with Crippen LogP contribution in [-0.4, -0.2) is 47.3 Å². The van der Waals surface area contributed by atoms with Gasteiger partial charge in [0.15, 0.2) is 0 Å². The third-order valence-corrected chi connectivity index (χ3v) is 5.89. The summed E-state index contributed by atoms with van der Waals surface area (Å²) in [6, 6.07) is 2.14. The molecule has 2 aliphatic carbocycles. The van der Waals surface area contributed by atoms with E-state index in [2.05, 4.69) is 17.1 Å². The maximum Gasteiger partial charge on any atom is 0.0553 e. The molecule has 1 heterocycles. The average Bonchev–Trinajstić information content (AvgIpc) is 2.87. The fourth-order valence-electron chi connectivity index (χ4n) is 4.53. The maximum absolute atomic E-state index is 10.0. The fraction of sp³-hybridized carbons (Fsp3) is 1.00. The highest BCUT2D eigenvalue weighted by Crippen LogP contribution is 2.34. The molecular weight excluding hydrogens is 248 g/mol. The summed E-state index contributed by atoms with van der Waals surface area (Å²) in [4.78, 5) is 2.67. The van der Waals surface area contributed by atoms with Crippen molar-refractivity contribution >= 4 is 0 Å². The Bertz CT molecular complexity index is 306. The smallest absolute Gasteiger partial charge is 0.0553 e. The lowest BCUT2D eigenvalue weighted by Crippen LogP contribution is -2.58. The van der Waals surface area contributed by atoms with Gasteiger partial charge < -0.3 is 10.4 Å². The van der Waals surface area contributed by atoms with E-state index in [0.717, 1.165) is 31.0 Å². The van der Waals surface area contributed by atoms with Crippen LogP contribution in [0.4, 0.5) is 0 Å². The third-order valence-electron chi connectivity index (χ3n) is 5.89. The van der Waals surface area contributed by atoms with Gasteiger partial charge in [0.25, 0.3) is 0 Å². The van der Waals surface area contributed by atoms with Crippen LogP contribution >= 0.6 is 0 Å². The summed E-state index contributed by atoms with van der Waals surface area (Å²) in [6.07, 6.45) is 9.23. The van der Waals surface area contributed by atoms with Gasteiger partial charge in [-0.3, -0.25) is 4.90 Å². The quantitative estimate of drug-likeness (QED) is 0.830. The molecule has 3 unspecified atom stereocenters. The van der Waals surface area contributed by atoms with Gasteiger partial charge in [0, 0.05) is 31.2 Å². The van der Waals surface area contributed by atoms with E-state index >= 15 is 0 Å². The molecule has 20 heavy (non-hydrogen) atoms. The maximum atomic E-state index is 10.0. The number of aliphatic hydroxyl groups is 1. The van der Waals surface area contributed by atoms with E-state index in [-0.39, 0.29) is 6.10 Å². The molecule has 1 saturated heterocycles. The molecule has 2 saturated carbocycles. The molecule has 3 rings (SSSR count). The zero-order valence-corrected chi connectivity index (χ0v) is 13.2. The highest BCUT2D eigenvalue weighted by atomic mass is 16.3. The number of piperidine rings is 1. The molecule has 3 heteroatoms. The van der Waals surface area contributed by atoms with Crippen LogP contribution in [0.2, 0.25) is 0 Å². The molecule has 0 aromatic rings. The first kappa shape index (κ1) is 14.8. The molecule has 3 fully saturated rings. The van der Waals surface area contributed by atoms with E-state index in [1.807, 2.05) is 6.92 Å². The van der Waals surface area contributed by atoms with Crippen LogP contribution in [0.25, 0.3) is 0 Å². The van der Waals surface area contributed by atoms with Crippen LogP contribution in [0.5, 0.6) is 0 Å². The van der Waals surface area contributed by atoms with Crippen LogP contribution in [0.1, 0.15) is 58.8 Å². The van der Waals surface area contributed by atoms with E-state index in [1.165, 1.54) is 45.1 Å². The molecule has 3 nitrogen and oxygen atoms in total. The summed E-state index contributed by atoms with van der Waals surface area (Å²) >= 11 is 0. The Hall–Kier alpha value is -0.120. The topological polar surface area (TPSA) is 35.5 Å². The van der Waals surface area contributed by atoms with Gasteiger partial charge in [0.2, 0.25) is 0 Å². The van der Waals surface area contributed by atoms with Gasteiger partial charge in [0.1, 0.15) is 0 Å². The lowest BCUT2D eigenvalue weighted by molar-refractivity contribution is -0.00446. The minimum Gasteiger partial charge on any atom is -0.393 e. The van der Waals surface area contributed by atoms with Crippen molar-refractivity contribution in [1.29, 1.82) is 0 Å². The number of hydrogen-bond donors (Lipinski definition) is 2. The Morgan fingerprint density at radius 2 is 1.75 bits per heavy atom. The number of nitrogens with zero attached hydrogens (tertiary/aromatic N) is 1. The minimum atomic E-state index is -0.164. The van der Waals surface area contributed by atoms with E-state index in [0.29, 0.717) is 12.0 Å². The number of likely N-dealkylation sites (tertiary alicyclic amines) is 1. The van der Waals surface area contributed by atoms with Crippen LogP contribution in [-0.2, 0) is 0 Å². The Kier molecular flexibility index (Phi) is 4.68. The van der Waals surface area contributed by atoms with Crippen molar-refractivity contribution in [3.8, 4) is 0 Å². The van der Waals surface area contributed by atoms with E-state index < -0.39 is 0 Å². The molecule has 2 N–H and O–H groups in total. The molecule has 0 aromatic heterocycles. The number of aliphatic hydroxyl groups excluding tert-OH is 1. The fourth-order valence-corrected chi connectivity index (χ4v) is 4.53. The SMILES string of the molecule is CC1CC(N2CC(NC3CCCC3)CC(C(C)O)C2)C1. The number of rotatable bonds is 4. The molecule has 0 radical (unpaired) electrons. The standard InChI is InChI=1S/C17H32N2O/c1-12-7-17(8-12)19-10-14(13(2)20)9-16(11-19)18-15-5-3-4-6-15/h12-18,20H,3-11H2,1-2H3. The first-order valence-electron chi connectivity index (χ1n) is 8.80. The van der Waals surface area contributed by atoms with Crippen molar-refractivity contribution in [1.82, 2.24) is 10.2 Å². The Morgan fingerprint density at radius 1 is 1.05 bits per heavy atom. The van der Waals surface area contributed by atoms with Gasteiger partial charge in [-0.05, 0) is 50.9 Å². The minimum absolute atomic E-state index is 0.164. The Balaban J connectivity index is 1.57. The van der Waals surface area contributed by atoms with Crippen LogP contribution in [0.3, 0.4) is 0 Å². The van der Waals surface area contributed by atoms with E-state index in [1.54, 1.807) is 0 Å². The van der Waals surface area contributed by atoms with Crippen molar-refractivity contribution in [2.45, 2.75) is 83.0 Å². The Morgan fingerprint density at radius 3 is 2.35 bits per heavy atom.